The van der Waals surface area contributed by atoms with Gasteiger partial charge in [0.2, 0.25) is 5.91 Å². The smallest absolute Gasteiger partial charge is 0.225 e. The third-order valence-corrected chi connectivity index (χ3v) is 3.61. The molecule has 2 unspecified atom stereocenters. The number of piperazine rings is 1. The SMILES string of the molecule is CN1CCN(C)C(CN2CC(O)CC2=O)C1. The molecule has 2 aliphatic heterocycles. The van der Waals surface area contributed by atoms with Crippen molar-refractivity contribution in [2.75, 3.05) is 46.8 Å². The maximum Gasteiger partial charge on any atom is 0.225 e. The highest BCUT2D eigenvalue weighted by Crippen LogP contribution is 2.14. The predicted molar refractivity (Wildman–Crippen MR) is 61.1 cm³/mol. The summed E-state index contributed by atoms with van der Waals surface area (Å²) in [6, 6.07) is 0.396. The Morgan fingerprint density at radius 1 is 1.31 bits per heavy atom. The van der Waals surface area contributed by atoms with Gasteiger partial charge in [0, 0.05) is 38.8 Å². The molecule has 0 spiro atoms. The Bertz CT molecular complexity index is 272. The van der Waals surface area contributed by atoms with E-state index in [4.69, 9.17) is 0 Å². The number of hydrogen-bond donors (Lipinski definition) is 1. The molecule has 5 nitrogen and oxygen atoms in total. The molecule has 2 atom stereocenters. The molecule has 0 aromatic heterocycles. The van der Waals surface area contributed by atoms with E-state index in [1.165, 1.54) is 0 Å². The number of carbonyl (C=O) groups is 1. The fourth-order valence-electron chi connectivity index (χ4n) is 2.48. The minimum Gasteiger partial charge on any atom is -0.391 e. The van der Waals surface area contributed by atoms with Crippen molar-refractivity contribution in [1.82, 2.24) is 14.7 Å². The highest BCUT2D eigenvalue weighted by Gasteiger charge is 2.32. The van der Waals surface area contributed by atoms with Crippen molar-refractivity contribution in [2.24, 2.45) is 0 Å². The molecular formula is C11H21N3O2. The molecule has 16 heavy (non-hydrogen) atoms. The fourth-order valence-corrected chi connectivity index (χ4v) is 2.48. The number of carbonyl (C=O) groups excluding carboxylic acids is 1. The van der Waals surface area contributed by atoms with Crippen molar-refractivity contribution in [3.8, 4) is 0 Å². The molecule has 0 aromatic carbocycles. The highest BCUT2D eigenvalue weighted by molar-refractivity contribution is 5.79. The lowest BCUT2D eigenvalue weighted by Crippen LogP contribution is -2.54. The van der Waals surface area contributed by atoms with Gasteiger partial charge in [-0.3, -0.25) is 9.69 Å². The van der Waals surface area contributed by atoms with Crippen LogP contribution in [-0.4, -0.2) is 84.7 Å². The van der Waals surface area contributed by atoms with Crippen molar-refractivity contribution in [2.45, 2.75) is 18.6 Å². The molecule has 0 saturated carbocycles. The quantitative estimate of drug-likeness (QED) is 0.645. The van der Waals surface area contributed by atoms with Crippen LogP contribution in [0, 0.1) is 0 Å². The summed E-state index contributed by atoms with van der Waals surface area (Å²) < 4.78 is 0. The van der Waals surface area contributed by atoms with Gasteiger partial charge in [0.25, 0.3) is 0 Å². The highest BCUT2D eigenvalue weighted by atomic mass is 16.3. The Morgan fingerprint density at radius 3 is 2.69 bits per heavy atom. The molecule has 92 valence electrons. The molecule has 5 heteroatoms. The molecule has 2 rings (SSSR count). The van der Waals surface area contributed by atoms with Gasteiger partial charge in [-0.2, -0.15) is 0 Å². The first-order valence-electron chi connectivity index (χ1n) is 5.91. The zero-order valence-electron chi connectivity index (χ0n) is 10.1. The minimum absolute atomic E-state index is 0.0918. The largest absolute Gasteiger partial charge is 0.391 e. The summed E-state index contributed by atoms with van der Waals surface area (Å²) in [6.45, 7) is 4.38. The van der Waals surface area contributed by atoms with Crippen LogP contribution in [0.1, 0.15) is 6.42 Å². The monoisotopic (exact) mass is 227 g/mol. The van der Waals surface area contributed by atoms with Gasteiger partial charge in [-0.1, -0.05) is 0 Å². The average Bonchev–Trinajstić information content (AvgIpc) is 2.51. The number of hydrogen-bond acceptors (Lipinski definition) is 4. The standard InChI is InChI=1S/C11H21N3O2/c1-12-3-4-13(2)9(6-12)7-14-8-10(15)5-11(14)16/h9-10,15H,3-8H2,1-2H3. The Kier molecular flexibility index (Phi) is 3.47. The summed E-state index contributed by atoms with van der Waals surface area (Å²) in [5.74, 6) is 0.0918. The maximum atomic E-state index is 11.6. The first kappa shape index (κ1) is 11.8. The van der Waals surface area contributed by atoms with Crippen LogP contribution in [0.4, 0.5) is 0 Å². The number of likely N-dealkylation sites (tertiary alicyclic amines) is 1. The summed E-state index contributed by atoms with van der Waals surface area (Å²) in [7, 11) is 4.22. The first-order valence-corrected chi connectivity index (χ1v) is 5.91. The Hall–Kier alpha value is -0.650. The van der Waals surface area contributed by atoms with Gasteiger partial charge in [0.1, 0.15) is 0 Å². The van der Waals surface area contributed by atoms with E-state index in [0.717, 1.165) is 26.2 Å². The summed E-state index contributed by atoms with van der Waals surface area (Å²) in [5.41, 5.74) is 0. The van der Waals surface area contributed by atoms with Crippen molar-refractivity contribution < 1.29 is 9.90 Å². The van der Waals surface area contributed by atoms with Gasteiger partial charge in [0.05, 0.1) is 12.5 Å². The molecule has 0 radical (unpaired) electrons. The van der Waals surface area contributed by atoms with E-state index in [0.29, 0.717) is 19.0 Å². The van der Waals surface area contributed by atoms with Crippen LogP contribution in [0.5, 0.6) is 0 Å². The number of rotatable bonds is 2. The second-order valence-corrected chi connectivity index (χ2v) is 5.05. The van der Waals surface area contributed by atoms with E-state index in [2.05, 4.69) is 23.9 Å². The van der Waals surface area contributed by atoms with Gasteiger partial charge in [0.15, 0.2) is 0 Å². The van der Waals surface area contributed by atoms with Crippen molar-refractivity contribution in [3.05, 3.63) is 0 Å². The van der Waals surface area contributed by atoms with Gasteiger partial charge in [-0.05, 0) is 14.1 Å². The van der Waals surface area contributed by atoms with Crippen molar-refractivity contribution >= 4 is 5.91 Å². The van der Waals surface area contributed by atoms with Crippen LogP contribution in [-0.2, 0) is 4.79 Å². The van der Waals surface area contributed by atoms with Gasteiger partial charge < -0.3 is 14.9 Å². The molecule has 0 aliphatic carbocycles. The van der Waals surface area contributed by atoms with Crippen molar-refractivity contribution in [1.29, 1.82) is 0 Å². The Morgan fingerprint density at radius 2 is 2.06 bits per heavy atom. The summed E-state index contributed by atoms with van der Waals surface area (Å²) >= 11 is 0. The molecule has 2 saturated heterocycles. The normalized spacial score (nSPS) is 33.7. The van der Waals surface area contributed by atoms with Gasteiger partial charge in [-0.25, -0.2) is 0 Å². The van der Waals surface area contributed by atoms with Crippen LogP contribution in [0.3, 0.4) is 0 Å². The zero-order valence-corrected chi connectivity index (χ0v) is 10.1. The topological polar surface area (TPSA) is 47.0 Å². The number of nitrogens with zero attached hydrogens (tertiary/aromatic N) is 3. The molecule has 2 heterocycles. The second kappa shape index (κ2) is 4.69. The van der Waals surface area contributed by atoms with Gasteiger partial charge >= 0.3 is 0 Å². The Balaban J connectivity index is 1.90. The van der Waals surface area contributed by atoms with E-state index < -0.39 is 6.10 Å². The Labute approximate surface area is 96.6 Å². The van der Waals surface area contributed by atoms with Crippen LogP contribution < -0.4 is 0 Å². The summed E-state index contributed by atoms with van der Waals surface area (Å²) in [6.07, 6.45) is -0.161. The fraction of sp³-hybridized carbons (Fsp3) is 0.909. The minimum atomic E-state index is -0.459. The summed E-state index contributed by atoms with van der Waals surface area (Å²) in [5, 5.41) is 9.43. The van der Waals surface area contributed by atoms with E-state index in [9.17, 15) is 9.90 Å². The number of likely N-dealkylation sites (N-methyl/N-ethyl adjacent to an activating group) is 2. The summed E-state index contributed by atoms with van der Waals surface area (Å²) in [4.78, 5) is 18.0. The molecule has 1 amide bonds. The van der Waals surface area contributed by atoms with Crippen LogP contribution >= 0.6 is 0 Å². The van der Waals surface area contributed by atoms with Crippen LogP contribution in [0.2, 0.25) is 0 Å². The third-order valence-electron chi connectivity index (χ3n) is 3.61. The third kappa shape index (κ3) is 2.53. The predicted octanol–water partition coefficient (Wildman–Crippen LogP) is -1.17. The van der Waals surface area contributed by atoms with E-state index >= 15 is 0 Å². The lowest BCUT2D eigenvalue weighted by atomic mass is 10.2. The van der Waals surface area contributed by atoms with Crippen molar-refractivity contribution in [3.63, 3.8) is 0 Å². The number of amides is 1. The lowest BCUT2D eigenvalue weighted by Gasteiger charge is -2.39. The molecular weight excluding hydrogens is 206 g/mol. The zero-order chi connectivity index (χ0) is 11.7. The maximum absolute atomic E-state index is 11.6. The van der Waals surface area contributed by atoms with E-state index in [1.807, 2.05) is 0 Å². The number of aliphatic hydroxyl groups is 1. The lowest BCUT2D eigenvalue weighted by molar-refractivity contribution is -0.128. The number of aliphatic hydroxyl groups excluding tert-OH is 1. The van der Waals surface area contributed by atoms with E-state index in [-0.39, 0.29) is 5.91 Å². The number of β-amino-alcohol motifs (C(OH)–C–C–N with tert-alkyl or cyclic N) is 1. The van der Waals surface area contributed by atoms with Gasteiger partial charge in [-0.15, -0.1) is 0 Å². The molecule has 0 bridgehead atoms. The molecule has 1 N–H and O–H groups in total. The molecule has 0 aromatic rings. The van der Waals surface area contributed by atoms with Crippen LogP contribution in [0.15, 0.2) is 0 Å². The second-order valence-electron chi connectivity index (χ2n) is 5.05. The first-order chi connectivity index (χ1) is 7.56. The average molecular weight is 227 g/mol. The molecule has 2 aliphatic rings. The van der Waals surface area contributed by atoms with E-state index in [1.54, 1.807) is 4.90 Å². The van der Waals surface area contributed by atoms with Crippen LogP contribution in [0.25, 0.3) is 0 Å². The molecule has 2 fully saturated rings.